The molecule has 18 heavy (non-hydrogen) atoms. The van der Waals surface area contributed by atoms with Crippen LogP contribution in [0.2, 0.25) is 0 Å². The third kappa shape index (κ3) is 5.36. The van der Waals surface area contributed by atoms with Crippen LogP contribution in [-0.4, -0.2) is 29.8 Å². The Morgan fingerprint density at radius 3 is 2.83 bits per heavy atom. The van der Waals surface area contributed by atoms with Gasteiger partial charge in [-0.15, -0.1) is 0 Å². The van der Waals surface area contributed by atoms with Crippen LogP contribution in [0.5, 0.6) is 5.88 Å². The van der Waals surface area contributed by atoms with Crippen LogP contribution in [0, 0.1) is 5.41 Å². The zero-order valence-electron chi connectivity index (χ0n) is 11.6. The van der Waals surface area contributed by atoms with Gasteiger partial charge in [0.15, 0.2) is 0 Å². The number of nitrogens with one attached hydrogen (secondary N) is 1. The van der Waals surface area contributed by atoms with Gasteiger partial charge in [-0.25, -0.2) is 0 Å². The predicted molar refractivity (Wildman–Crippen MR) is 74.0 cm³/mol. The first kappa shape index (κ1) is 14.8. The van der Waals surface area contributed by atoms with Gasteiger partial charge in [-0.1, -0.05) is 19.9 Å². The first-order chi connectivity index (χ1) is 8.57. The van der Waals surface area contributed by atoms with E-state index in [-0.39, 0.29) is 12.0 Å². The van der Waals surface area contributed by atoms with Crippen molar-refractivity contribution in [1.82, 2.24) is 4.98 Å². The van der Waals surface area contributed by atoms with Crippen molar-refractivity contribution in [2.24, 2.45) is 5.41 Å². The van der Waals surface area contributed by atoms with E-state index in [1.807, 2.05) is 25.1 Å². The highest BCUT2D eigenvalue weighted by Gasteiger charge is 2.17. The quantitative estimate of drug-likeness (QED) is 0.747. The van der Waals surface area contributed by atoms with Crippen molar-refractivity contribution in [3.63, 3.8) is 0 Å². The lowest BCUT2D eigenvalue weighted by Crippen LogP contribution is -2.23. The van der Waals surface area contributed by atoms with Crippen molar-refractivity contribution in [3.05, 3.63) is 18.2 Å². The van der Waals surface area contributed by atoms with Crippen molar-refractivity contribution in [2.45, 2.75) is 33.6 Å². The molecule has 1 aromatic rings. The lowest BCUT2D eigenvalue weighted by molar-refractivity contribution is 0.247. The average Bonchev–Trinajstić information content (AvgIpc) is 2.35. The number of nitrogens with zero attached hydrogens (tertiary/aromatic N) is 1. The maximum atomic E-state index is 8.86. The van der Waals surface area contributed by atoms with Crippen molar-refractivity contribution in [1.29, 1.82) is 0 Å². The molecular formula is C14H24N2O2. The molecular weight excluding hydrogens is 228 g/mol. The molecule has 4 nitrogen and oxygen atoms in total. The van der Waals surface area contributed by atoms with Crippen LogP contribution in [0.15, 0.2) is 18.2 Å². The lowest BCUT2D eigenvalue weighted by atomic mass is 9.88. The average molecular weight is 252 g/mol. The molecule has 0 bridgehead atoms. The maximum Gasteiger partial charge on any atom is 0.215 e. The van der Waals surface area contributed by atoms with Crippen molar-refractivity contribution < 1.29 is 9.84 Å². The van der Waals surface area contributed by atoms with Crippen LogP contribution < -0.4 is 10.1 Å². The van der Waals surface area contributed by atoms with E-state index in [1.165, 1.54) is 0 Å². The molecule has 102 valence electrons. The first-order valence-corrected chi connectivity index (χ1v) is 6.52. The largest absolute Gasteiger partial charge is 0.478 e. The molecule has 0 fully saturated rings. The first-order valence-electron chi connectivity index (χ1n) is 6.52. The Balaban J connectivity index is 2.49. The summed E-state index contributed by atoms with van der Waals surface area (Å²) in [5.74, 6) is 1.48. The van der Waals surface area contributed by atoms with Gasteiger partial charge in [0, 0.05) is 19.2 Å². The minimum atomic E-state index is 0.145. The summed E-state index contributed by atoms with van der Waals surface area (Å²) in [7, 11) is 0. The number of hydrogen-bond acceptors (Lipinski definition) is 4. The van der Waals surface area contributed by atoms with E-state index in [1.54, 1.807) is 0 Å². The minimum Gasteiger partial charge on any atom is -0.478 e. The Labute approximate surface area is 109 Å². The molecule has 1 heterocycles. The van der Waals surface area contributed by atoms with Crippen LogP contribution in [-0.2, 0) is 0 Å². The second-order valence-corrected chi connectivity index (χ2v) is 5.14. The summed E-state index contributed by atoms with van der Waals surface area (Å²) in [6.07, 6.45) is 1.82. The van der Waals surface area contributed by atoms with E-state index in [0.717, 1.165) is 25.2 Å². The van der Waals surface area contributed by atoms with Gasteiger partial charge in [0.2, 0.25) is 5.88 Å². The number of rotatable bonds is 8. The van der Waals surface area contributed by atoms with Crippen molar-refractivity contribution in [2.75, 3.05) is 25.1 Å². The van der Waals surface area contributed by atoms with E-state index < -0.39 is 0 Å². The monoisotopic (exact) mass is 252 g/mol. The molecule has 0 unspecified atom stereocenters. The molecule has 0 saturated heterocycles. The zero-order chi connectivity index (χ0) is 13.4. The van der Waals surface area contributed by atoms with E-state index >= 15 is 0 Å². The highest BCUT2D eigenvalue weighted by atomic mass is 16.5. The smallest absolute Gasteiger partial charge is 0.215 e. The normalized spacial score (nSPS) is 11.3. The Bertz CT molecular complexity index is 353. The molecule has 0 aliphatic heterocycles. The molecule has 0 aliphatic carbocycles. The summed E-state index contributed by atoms with van der Waals surface area (Å²) in [6, 6.07) is 5.72. The van der Waals surface area contributed by atoms with E-state index in [4.69, 9.17) is 9.84 Å². The fourth-order valence-electron chi connectivity index (χ4n) is 1.72. The Kier molecular flexibility index (Phi) is 5.92. The van der Waals surface area contributed by atoms with Gasteiger partial charge in [-0.3, -0.25) is 0 Å². The number of aromatic nitrogens is 1. The molecule has 0 aliphatic rings. The Morgan fingerprint density at radius 1 is 1.39 bits per heavy atom. The molecule has 0 saturated carbocycles. The molecule has 0 radical (unpaired) electrons. The van der Waals surface area contributed by atoms with Gasteiger partial charge in [0.05, 0.1) is 6.61 Å². The fourth-order valence-corrected chi connectivity index (χ4v) is 1.72. The molecule has 0 spiro atoms. The number of anilines is 1. The maximum absolute atomic E-state index is 8.86. The summed E-state index contributed by atoms with van der Waals surface area (Å²) in [5.41, 5.74) is 0.145. The van der Waals surface area contributed by atoms with Gasteiger partial charge in [0.25, 0.3) is 0 Å². The van der Waals surface area contributed by atoms with Gasteiger partial charge in [-0.2, -0.15) is 4.98 Å². The number of pyridine rings is 1. The number of aliphatic hydroxyl groups excluding tert-OH is 1. The second-order valence-electron chi connectivity index (χ2n) is 5.14. The van der Waals surface area contributed by atoms with Crippen molar-refractivity contribution >= 4 is 5.82 Å². The highest BCUT2D eigenvalue weighted by Crippen LogP contribution is 2.23. The predicted octanol–water partition coefficient (Wildman–Crippen LogP) is 2.69. The third-order valence-corrected chi connectivity index (χ3v) is 2.78. The molecule has 1 aromatic heterocycles. The summed E-state index contributed by atoms with van der Waals surface area (Å²) >= 11 is 0. The van der Waals surface area contributed by atoms with Crippen LogP contribution in [0.25, 0.3) is 0 Å². The third-order valence-electron chi connectivity index (χ3n) is 2.78. The van der Waals surface area contributed by atoms with Gasteiger partial charge in [0.1, 0.15) is 5.82 Å². The molecule has 4 heteroatoms. The minimum absolute atomic E-state index is 0.145. The van der Waals surface area contributed by atoms with Crippen molar-refractivity contribution in [3.8, 4) is 5.88 Å². The standard InChI is InChI=1S/C14H24N2O2/c1-4-18-13-8-5-7-12(16-13)15-11-14(2,3)9-6-10-17/h5,7-8,17H,4,6,9-11H2,1-3H3,(H,15,16). The van der Waals surface area contributed by atoms with E-state index in [9.17, 15) is 0 Å². The van der Waals surface area contributed by atoms with Gasteiger partial charge < -0.3 is 15.2 Å². The van der Waals surface area contributed by atoms with Crippen LogP contribution in [0.4, 0.5) is 5.82 Å². The molecule has 0 aromatic carbocycles. The molecule has 0 amide bonds. The fraction of sp³-hybridized carbons (Fsp3) is 0.643. The SMILES string of the molecule is CCOc1cccc(NCC(C)(C)CCCO)n1. The highest BCUT2D eigenvalue weighted by molar-refractivity contribution is 5.37. The molecule has 0 atom stereocenters. The summed E-state index contributed by atoms with van der Waals surface area (Å²) in [6.45, 7) is 8.01. The van der Waals surface area contributed by atoms with Crippen LogP contribution in [0.1, 0.15) is 33.6 Å². The van der Waals surface area contributed by atoms with Gasteiger partial charge >= 0.3 is 0 Å². The number of ether oxygens (including phenoxy) is 1. The summed E-state index contributed by atoms with van der Waals surface area (Å²) in [5, 5.41) is 12.2. The Hall–Kier alpha value is -1.29. The zero-order valence-corrected chi connectivity index (χ0v) is 11.6. The van der Waals surface area contributed by atoms with E-state index in [0.29, 0.717) is 12.5 Å². The van der Waals surface area contributed by atoms with Crippen LogP contribution >= 0.6 is 0 Å². The van der Waals surface area contributed by atoms with Gasteiger partial charge in [-0.05, 0) is 31.2 Å². The molecule has 2 N–H and O–H groups in total. The lowest BCUT2D eigenvalue weighted by Gasteiger charge is -2.25. The van der Waals surface area contributed by atoms with E-state index in [2.05, 4.69) is 24.1 Å². The second kappa shape index (κ2) is 7.21. The summed E-state index contributed by atoms with van der Waals surface area (Å²) in [4.78, 5) is 4.36. The number of aliphatic hydroxyl groups is 1. The molecule has 1 rings (SSSR count). The topological polar surface area (TPSA) is 54.4 Å². The van der Waals surface area contributed by atoms with Crippen LogP contribution in [0.3, 0.4) is 0 Å². The Morgan fingerprint density at radius 2 is 2.17 bits per heavy atom. The summed E-state index contributed by atoms with van der Waals surface area (Å²) < 4.78 is 5.36. The number of hydrogen-bond donors (Lipinski definition) is 2.